The fourth-order valence-corrected chi connectivity index (χ4v) is 3.69. The molecule has 1 unspecified atom stereocenters. The first-order chi connectivity index (χ1) is 13.7. The van der Waals surface area contributed by atoms with Gasteiger partial charge in [0, 0.05) is 6.20 Å². The summed E-state index contributed by atoms with van der Waals surface area (Å²) in [7, 11) is 0. The zero-order chi connectivity index (χ0) is 21.3. The zero-order valence-electron chi connectivity index (χ0n) is 16.0. The van der Waals surface area contributed by atoms with Crippen LogP contribution in [0.15, 0.2) is 28.9 Å². The Kier molecular flexibility index (Phi) is 6.94. The Morgan fingerprint density at radius 1 is 1.21 bits per heavy atom. The van der Waals surface area contributed by atoms with Gasteiger partial charge in [0.25, 0.3) is 0 Å². The van der Waals surface area contributed by atoms with Crippen molar-refractivity contribution in [2.75, 3.05) is 5.32 Å². The number of amides is 1. The van der Waals surface area contributed by atoms with Crippen LogP contribution in [0.1, 0.15) is 23.9 Å². The smallest absolute Gasteiger partial charge is 0.230 e. The number of nitrogens with zero attached hydrogens (tertiary/aromatic N) is 4. The van der Waals surface area contributed by atoms with Crippen LogP contribution < -0.4 is 5.32 Å². The van der Waals surface area contributed by atoms with Crippen LogP contribution >= 0.6 is 50.7 Å². The molecule has 0 aliphatic carbocycles. The number of carbonyl (C=O) groups is 1. The average molecular weight is 520 g/mol. The molecule has 154 valence electrons. The lowest BCUT2D eigenvalue weighted by Crippen LogP contribution is -2.25. The third kappa shape index (κ3) is 5.15. The van der Waals surface area contributed by atoms with E-state index in [-0.39, 0.29) is 11.8 Å². The summed E-state index contributed by atoms with van der Waals surface area (Å²) in [6.07, 6.45) is 1.80. The molecule has 1 atom stereocenters. The Hall–Kier alpha value is -1.54. The largest absolute Gasteiger partial charge is 0.308 e. The molecule has 2 heterocycles. The van der Waals surface area contributed by atoms with E-state index in [0.717, 1.165) is 17.0 Å². The van der Waals surface area contributed by atoms with Crippen molar-refractivity contribution in [1.82, 2.24) is 19.6 Å². The van der Waals surface area contributed by atoms with Gasteiger partial charge in [-0.05, 0) is 47.5 Å². The van der Waals surface area contributed by atoms with Crippen molar-refractivity contribution in [1.29, 1.82) is 0 Å². The van der Waals surface area contributed by atoms with Gasteiger partial charge >= 0.3 is 0 Å². The quantitative estimate of drug-likeness (QED) is 0.452. The van der Waals surface area contributed by atoms with Crippen molar-refractivity contribution < 1.29 is 4.79 Å². The maximum Gasteiger partial charge on any atom is 0.230 e. The average Bonchev–Trinajstić information content (AvgIpc) is 3.12. The second kappa shape index (κ2) is 9.08. The summed E-state index contributed by atoms with van der Waals surface area (Å²) in [6, 6.07) is 5.41. The van der Waals surface area contributed by atoms with Crippen molar-refractivity contribution in [3.63, 3.8) is 0 Å². The summed E-state index contributed by atoms with van der Waals surface area (Å²) < 4.78 is 4.15. The van der Waals surface area contributed by atoms with E-state index in [4.69, 9.17) is 34.8 Å². The van der Waals surface area contributed by atoms with Gasteiger partial charge in [0.1, 0.15) is 0 Å². The molecule has 0 saturated heterocycles. The number of rotatable bonds is 6. The first-order valence-corrected chi connectivity index (χ1v) is 10.8. The highest BCUT2D eigenvalue weighted by Crippen LogP contribution is 2.25. The van der Waals surface area contributed by atoms with E-state index in [9.17, 15) is 4.79 Å². The van der Waals surface area contributed by atoms with Crippen molar-refractivity contribution in [2.45, 2.75) is 33.9 Å². The third-order valence-electron chi connectivity index (χ3n) is 4.47. The van der Waals surface area contributed by atoms with Gasteiger partial charge in [0.15, 0.2) is 5.82 Å². The highest BCUT2D eigenvalue weighted by Gasteiger charge is 2.19. The minimum atomic E-state index is -0.323. The van der Waals surface area contributed by atoms with Gasteiger partial charge in [-0.2, -0.15) is 10.2 Å². The van der Waals surface area contributed by atoms with Crippen LogP contribution in [-0.4, -0.2) is 25.5 Å². The number of nitrogens with one attached hydrogen (secondary N) is 1. The van der Waals surface area contributed by atoms with E-state index in [1.54, 1.807) is 27.7 Å². The molecule has 29 heavy (non-hydrogen) atoms. The van der Waals surface area contributed by atoms with Crippen molar-refractivity contribution in [3.05, 3.63) is 60.9 Å². The number of aryl methyl sites for hydroxylation is 1. The van der Waals surface area contributed by atoms with Gasteiger partial charge < -0.3 is 5.32 Å². The SMILES string of the molecule is Cc1nn(CC(C)C(=O)Nc2nn(Cc3ccc(Cl)c(Cl)c3)cc2Br)c(C)c1Cl. The van der Waals surface area contributed by atoms with Gasteiger partial charge in [-0.1, -0.05) is 47.8 Å². The highest BCUT2D eigenvalue weighted by atomic mass is 79.9. The summed E-state index contributed by atoms with van der Waals surface area (Å²) in [4.78, 5) is 12.6. The van der Waals surface area contributed by atoms with Crippen LogP contribution in [0.25, 0.3) is 0 Å². The molecule has 6 nitrogen and oxygen atoms in total. The summed E-state index contributed by atoms with van der Waals surface area (Å²) in [5.74, 6) is -0.0290. The number of anilines is 1. The van der Waals surface area contributed by atoms with Gasteiger partial charge in [-0.25, -0.2) is 0 Å². The molecule has 3 rings (SSSR count). The van der Waals surface area contributed by atoms with Crippen LogP contribution in [0, 0.1) is 19.8 Å². The molecule has 2 aromatic heterocycles. The summed E-state index contributed by atoms with van der Waals surface area (Å²) in [5.41, 5.74) is 2.54. The predicted molar refractivity (Wildman–Crippen MR) is 120 cm³/mol. The minimum absolute atomic E-state index is 0.158. The zero-order valence-corrected chi connectivity index (χ0v) is 19.9. The van der Waals surface area contributed by atoms with Crippen LogP contribution in [0.2, 0.25) is 15.1 Å². The number of hydrogen-bond donors (Lipinski definition) is 1. The van der Waals surface area contributed by atoms with Crippen LogP contribution in [0.5, 0.6) is 0 Å². The summed E-state index contributed by atoms with van der Waals surface area (Å²) in [5, 5.41) is 13.3. The normalized spacial score (nSPS) is 12.2. The van der Waals surface area contributed by atoms with Crippen molar-refractivity contribution in [2.24, 2.45) is 5.92 Å². The Labute approximate surface area is 192 Å². The maximum atomic E-state index is 12.6. The second-order valence-corrected chi connectivity index (χ2v) is 8.88. The molecular weight excluding hydrogens is 501 g/mol. The molecule has 0 bridgehead atoms. The lowest BCUT2D eigenvalue weighted by atomic mass is 10.1. The van der Waals surface area contributed by atoms with E-state index < -0.39 is 0 Å². The topological polar surface area (TPSA) is 64.7 Å². The molecule has 0 aliphatic heterocycles. The molecule has 0 radical (unpaired) electrons. The molecule has 3 aromatic rings. The molecule has 0 spiro atoms. The van der Waals surface area contributed by atoms with Gasteiger partial charge in [0.2, 0.25) is 5.91 Å². The van der Waals surface area contributed by atoms with E-state index in [1.165, 1.54) is 0 Å². The molecule has 1 N–H and O–H groups in total. The number of halogens is 4. The monoisotopic (exact) mass is 517 g/mol. The predicted octanol–water partition coefficient (Wildman–Crippen LogP) is 5.74. The van der Waals surface area contributed by atoms with Crippen LogP contribution in [0.4, 0.5) is 5.82 Å². The Bertz CT molecular complexity index is 1060. The van der Waals surface area contributed by atoms with Crippen molar-refractivity contribution in [3.8, 4) is 0 Å². The van der Waals surface area contributed by atoms with Gasteiger partial charge in [0.05, 0.1) is 49.9 Å². The lowest BCUT2D eigenvalue weighted by molar-refractivity contribution is -0.119. The number of carbonyl (C=O) groups excluding carboxylic acids is 1. The second-order valence-electron chi connectivity index (χ2n) is 6.83. The molecule has 1 aromatic carbocycles. The Morgan fingerprint density at radius 2 is 1.93 bits per heavy atom. The summed E-state index contributed by atoms with van der Waals surface area (Å²) in [6.45, 7) is 6.47. The molecule has 0 aliphatic rings. The van der Waals surface area contributed by atoms with Crippen LogP contribution in [-0.2, 0) is 17.9 Å². The van der Waals surface area contributed by atoms with E-state index >= 15 is 0 Å². The maximum absolute atomic E-state index is 12.6. The number of aromatic nitrogens is 4. The fourth-order valence-electron chi connectivity index (χ4n) is 2.82. The number of hydrogen-bond acceptors (Lipinski definition) is 3. The molecule has 0 fully saturated rings. The van der Waals surface area contributed by atoms with E-state index in [0.29, 0.717) is 38.4 Å². The lowest BCUT2D eigenvalue weighted by Gasteiger charge is -2.12. The molecule has 10 heteroatoms. The van der Waals surface area contributed by atoms with Gasteiger partial charge in [-0.15, -0.1) is 0 Å². The Balaban J connectivity index is 1.67. The van der Waals surface area contributed by atoms with E-state index in [2.05, 4.69) is 31.4 Å². The van der Waals surface area contributed by atoms with E-state index in [1.807, 2.05) is 26.8 Å². The Morgan fingerprint density at radius 3 is 2.55 bits per heavy atom. The standard InChI is InChI=1S/C19H19BrCl3N5O/c1-10(7-28-12(3)17(23)11(2)25-28)19(29)24-18-14(20)9-27(26-18)8-13-4-5-15(21)16(22)6-13/h4-6,9-10H,7-8H2,1-3H3,(H,24,26,29). The molecule has 1 amide bonds. The van der Waals surface area contributed by atoms with Crippen molar-refractivity contribution >= 4 is 62.5 Å². The van der Waals surface area contributed by atoms with Gasteiger partial charge in [-0.3, -0.25) is 14.2 Å². The first-order valence-electron chi connectivity index (χ1n) is 8.83. The first kappa shape index (κ1) is 22.2. The minimum Gasteiger partial charge on any atom is -0.308 e. The summed E-state index contributed by atoms with van der Waals surface area (Å²) >= 11 is 21.6. The fraction of sp³-hybridized carbons (Fsp3) is 0.316. The third-order valence-corrected chi connectivity index (χ3v) is 6.34. The van der Waals surface area contributed by atoms with Crippen LogP contribution in [0.3, 0.4) is 0 Å². The molecule has 0 saturated carbocycles. The highest BCUT2D eigenvalue weighted by molar-refractivity contribution is 9.10. The molecular formula is C19H19BrCl3N5O. The number of benzene rings is 1.